The molecule has 2 rings (SSSR count). The van der Waals surface area contributed by atoms with Crippen molar-refractivity contribution in [2.75, 3.05) is 5.73 Å². The van der Waals surface area contributed by atoms with Gasteiger partial charge in [0.2, 0.25) is 0 Å². The first-order chi connectivity index (χ1) is 8.13. The summed E-state index contributed by atoms with van der Waals surface area (Å²) in [6, 6.07) is 4.14. The first kappa shape index (κ1) is 11.9. The minimum Gasteiger partial charge on any atom is -0.381 e. The Balaban J connectivity index is 2.52. The van der Waals surface area contributed by atoms with Gasteiger partial charge >= 0.3 is 0 Å². The average molecular weight is 255 g/mol. The van der Waals surface area contributed by atoms with E-state index in [-0.39, 0.29) is 5.82 Å². The molecule has 2 N–H and O–H groups in total. The second-order valence-corrected chi connectivity index (χ2v) is 4.16. The molecule has 0 saturated heterocycles. The van der Waals surface area contributed by atoms with E-state index in [1.807, 2.05) is 6.92 Å². The summed E-state index contributed by atoms with van der Waals surface area (Å²) in [6.45, 7) is 2.03. The van der Waals surface area contributed by atoms with Crippen molar-refractivity contribution in [3.8, 4) is 11.3 Å². The molecular weight excluding hydrogens is 243 g/mol. The van der Waals surface area contributed by atoms with Crippen LogP contribution in [-0.4, -0.2) is 5.16 Å². The van der Waals surface area contributed by atoms with Crippen molar-refractivity contribution in [3.05, 3.63) is 34.6 Å². The number of hydrogen-bond acceptors (Lipinski definition) is 3. The first-order valence-corrected chi connectivity index (χ1v) is 5.70. The SMILES string of the molecule is CCCc1c(N)noc1-c1ccc(F)cc1Cl. The van der Waals surface area contributed by atoms with E-state index in [2.05, 4.69) is 5.16 Å². The standard InChI is InChI=1S/C12H12ClFN2O/c1-2-3-9-11(17-16-12(9)15)8-5-4-7(14)6-10(8)13/h4-6H,2-3H2,1H3,(H2,15,16). The topological polar surface area (TPSA) is 52.0 Å². The van der Waals surface area contributed by atoms with Gasteiger partial charge in [-0.2, -0.15) is 0 Å². The molecule has 1 heterocycles. The van der Waals surface area contributed by atoms with Gasteiger partial charge < -0.3 is 10.3 Å². The number of aromatic nitrogens is 1. The van der Waals surface area contributed by atoms with E-state index in [1.165, 1.54) is 12.1 Å². The van der Waals surface area contributed by atoms with Crippen LogP contribution in [0.15, 0.2) is 22.7 Å². The van der Waals surface area contributed by atoms with Gasteiger partial charge in [-0.25, -0.2) is 4.39 Å². The lowest BCUT2D eigenvalue weighted by Gasteiger charge is -2.03. The number of hydrogen-bond donors (Lipinski definition) is 1. The Morgan fingerprint density at radius 1 is 1.47 bits per heavy atom. The maximum Gasteiger partial charge on any atom is 0.173 e. The van der Waals surface area contributed by atoms with E-state index in [9.17, 15) is 4.39 Å². The van der Waals surface area contributed by atoms with Crippen LogP contribution in [-0.2, 0) is 6.42 Å². The smallest absolute Gasteiger partial charge is 0.173 e. The summed E-state index contributed by atoms with van der Waals surface area (Å²) in [7, 11) is 0. The van der Waals surface area contributed by atoms with E-state index in [4.69, 9.17) is 21.9 Å². The van der Waals surface area contributed by atoms with Crippen LogP contribution in [0.5, 0.6) is 0 Å². The van der Waals surface area contributed by atoms with Gasteiger partial charge in [0.25, 0.3) is 0 Å². The molecule has 0 aliphatic heterocycles. The van der Waals surface area contributed by atoms with E-state index in [1.54, 1.807) is 6.07 Å². The highest BCUT2D eigenvalue weighted by molar-refractivity contribution is 6.33. The summed E-state index contributed by atoms with van der Waals surface area (Å²) in [4.78, 5) is 0. The monoisotopic (exact) mass is 254 g/mol. The Labute approximate surface area is 103 Å². The lowest BCUT2D eigenvalue weighted by Crippen LogP contribution is -1.93. The molecule has 0 spiro atoms. The van der Waals surface area contributed by atoms with Gasteiger partial charge in [0.15, 0.2) is 11.6 Å². The second kappa shape index (κ2) is 4.75. The molecule has 0 unspecified atom stereocenters. The van der Waals surface area contributed by atoms with Crippen molar-refractivity contribution in [1.82, 2.24) is 5.16 Å². The fourth-order valence-corrected chi connectivity index (χ4v) is 1.95. The molecule has 1 aromatic heterocycles. The van der Waals surface area contributed by atoms with Gasteiger partial charge in [-0.05, 0) is 24.6 Å². The fraction of sp³-hybridized carbons (Fsp3) is 0.250. The number of nitrogens with two attached hydrogens (primary N) is 1. The molecule has 0 fully saturated rings. The lowest BCUT2D eigenvalue weighted by molar-refractivity contribution is 0.435. The van der Waals surface area contributed by atoms with E-state index in [0.29, 0.717) is 22.2 Å². The van der Waals surface area contributed by atoms with Crippen LogP contribution in [0.4, 0.5) is 10.2 Å². The third kappa shape index (κ3) is 2.26. The van der Waals surface area contributed by atoms with Gasteiger partial charge in [-0.1, -0.05) is 30.1 Å². The molecule has 0 radical (unpaired) electrons. The highest BCUT2D eigenvalue weighted by atomic mass is 35.5. The number of anilines is 1. The number of rotatable bonds is 3. The van der Waals surface area contributed by atoms with Crippen molar-refractivity contribution in [2.24, 2.45) is 0 Å². The zero-order valence-corrected chi connectivity index (χ0v) is 10.1. The van der Waals surface area contributed by atoms with Crippen LogP contribution in [0.25, 0.3) is 11.3 Å². The van der Waals surface area contributed by atoms with Crippen molar-refractivity contribution >= 4 is 17.4 Å². The summed E-state index contributed by atoms with van der Waals surface area (Å²) in [5, 5.41) is 4.02. The quantitative estimate of drug-likeness (QED) is 0.909. The summed E-state index contributed by atoms with van der Waals surface area (Å²) in [5.74, 6) is 0.500. The van der Waals surface area contributed by atoms with Gasteiger partial charge in [0, 0.05) is 11.1 Å². The molecule has 0 amide bonds. The van der Waals surface area contributed by atoms with Crippen molar-refractivity contribution < 1.29 is 8.91 Å². The molecule has 0 aliphatic rings. The number of halogens is 2. The van der Waals surface area contributed by atoms with Gasteiger partial charge in [-0.3, -0.25) is 0 Å². The van der Waals surface area contributed by atoms with Crippen LogP contribution < -0.4 is 5.73 Å². The Bertz CT molecular complexity index is 539. The third-order valence-corrected chi connectivity index (χ3v) is 2.81. The van der Waals surface area contributed by atoms with Gasteiger partial charge in [0.1, 0.15) is 5.82 Å². The summed E-state index contributed by atoms with van der Waals surface area (Å²) in [5.41, 5.74) is 7.15. The summed E-state index contributed by atoms with van der Waals surface area (Å²) >= 11 is 5.98. The van der Waals surface area contributed by atoms with Gasteiger partial charge in [0.05, 0.1) is 5.02 Å². The number of nitrogen functional groups attached to an aromatic ring is 1. The van der Waals surface area contributed by atoms with E-state index >= 15 is 0 Å². The zero-order chi connectivity index (χ0) is 12.4. The number of benzene rings is 1. The summed E-state index contributed by atoms with van der Waals surface area (Å²) < 4.78 is 18.1. The Morgan fingerprint density at radius 2 is 2.24 bits per heavy atom. The van der Waals surface area contributed by atoms with Crippen LogP contribution in [0.1, 0.15) is 18.9 Å². The maximum atomic E-state index is 13.0. The highest BCUT2D eigenvalue weighted by Gasteiger charge is 2.17. The molecule has 17 heavy (non-hydrogen) atoms. The second-order valence-electron chi connectivity index (χ2n) is 3.75. The first-order valence-electron chi connectivity index (χ1n) is 5.33. The molecule has 0 atom stereocenters. The van der Waals surface area contributed by atoms with Crippen molar-refractivity contribution in [1.29, 1.82) is 0 Å². The Morgan fingerprint density at radius 3 is 2.88 bits per heavy atom. The molecular formula is C12H12ClFN2O. The largest absolute Gasteiger partial charge is 0.381 e. The predicted molar refractivity (Wildman–Crippen MR) is 65.3 cm³/mol. The molecule has 90 valence electrons. The Kier molecular flexibility index (Phi) is 3.33. The lowest BCUT2D eigenvalue weighted by atomic mass is 10.0. The van der Waals surface area contributed by atoms with Crippen LogP contribution in [0.3, 0.4) is 0 Å². The molecule has 5 heteroatoms. The van der Waals surface area contributed by atoms with Crippen LogP contribution in [0, 0.1) is 5.82 Å². The van der Waals surface area contributed by atoms with E-state index < -0.39 is 0 Å². The predicted octanol–water partition coefficient (Wildman–Crippen LogP) is 3.67. The molecule has 0 bridgehead atoms. The normalized spacial score (nSPS) is 10.8. The third-order valence-electron chi connectivity index (χ3n) is 2.49. The molecule has 0 aliphatic carbocycles. The van der Waals surface area contributed by atoms with Crippen molar-refractivity contribution in [2.45, 2.75) is 19.8 Å². The van der Waals surface area contributed by atoms with E-state index in [0.717, 1.165) is 18.4 Å². The van der Waals surface area contributed by atoms with Crippen LogP contribution in [0.2, 0.25) is 5.02 Å². The Hall–Kier alpha value is -1.55. The zero-order valence-electron chi connectivity index (χ0n) is 9.34. The van der Waals surface area contributed by atoms with Crippen LogP contribution >= 0.6 is 11.6 Å². The number of nitrogens with zero attached hydrogens (tertiary/aromatic N) is 1. The highest BCUT2D eigenvalue weighted by Crippen LogP contribution is 2.34. The fourth-order valence-electron chi connectivity index (χ4n) is 1.70. The molecule has 3 nitrogen and oxygen atoms in total. The maximum absolute atomic E-state index is 13.0. The molecule has 2 aromatic rings. The molecule has 1 aromatic carbocycles. The average Bonchev–Trinajstić information content (AvgIpc) is 2.62. The summed E-state index contributed by atoms with van der Waals surface area (Å²) in [6.07, 6.45) is 1.66. The molecule has 0 saturated carbocycles. The minimum absolute atomic E-state index is 0.290. The van der Waals surface area contributed by atoms with Gasteiger partial charge in [-0.15, -0.1) is 0 Å². The van der Waals surface area contributed by atoms with Crippen molar-refractivity contribution in [3.63, 3.8) is 0 Å². The minimum atomic E-state index is -0.386.